The van der Waals surface area contributed by atoms with Gasteiger partial charge in [-0.1, -0.05) is 38.2 Å². The number of phenols is 2. The predicted octanol–water partition coefficient (Wildman–Crippen LogP) is 3.70. The summed E-state index contributed by atoms with van der Waals surface area (Å²) in [6, 6.07) is 3.54. The van der Waals surface area contributed by atoms with Gasteiger partial charge in [0.2, 0.25) is 0 Å². The highest BCUT2D eigenvalue weighted by Crippen LogP contribution is 2.46. The zero-order valence-corrected chi connectivity index (χ0v) is 13.2. The van der Waals surface area contributed by atoms with Gasteiger partial charge >= 0.3 is 0 Å². The van der Waals surface area contributed by atoms with E-state index in [-0.39, 0.29) is 23.9 Å². The third kappa shape index (κ3) is 3.14. The lowest BCUT2D eigenvalue weighted by atomic mass is 9.68. The molecule has 3 rings (SSSR count). The van der Waals surface area contributed by atoms with Crippen molar-refractivity contribution < 1.29 is 10.2 Å². The van der Waals surface area contributed by atoms with Crippen molar-refractivity contribution in [2.24, 2.45) is 17.6 Å². The largest absolute Gasteiger partial charge is 0.504 e. The van der Waals surface area contributed by atoms with Gasteiger partial charge in [0.05, 0.1) is 0 Å². The molecule has 2 aliphatic rings. The minimum absolute atomic E-state index is 0. The van der Waals surface area contributed by atoms with Gasteiger partial charge in [-0.2, -0.15) is 0 Å². The Morgan fingerprint density at radius 2 is 1.76 bits per heavy atom. The van der Waals surface area contributed by atoms with Gasteiger partial charge in [0.25, 0.3) is 0 Å². The molecule has 21 heavy (non-hydrogen) atoms. The van der Waals surface area contributed by atoms with Crippen molar-refractivity contribution in [3.05, 3.63) is 23.3 Å². The minimum Gasteiger partial charge on any atom is -0.504 e. The van der Waals surface area contributed by atoms with Crippen molar-refractivity contribution >= 4 is 12.4 Å². The lowest BCUT2D eigenvalue weighted by molar-refractivity contribution is 0.212. The summed E-state index contributed by atoms with van der Waals surface area (Å²) in [5, 5.41) is 19.9. The second-order valence-corrected chi connectivity index (χ2v) is 6.53. The highest BCUT2D eigenvalue weighted by atomic mass is 35.5. The Morgan fingerprint density at radius 3 is 2.43 bits per heavy atom. The molecule has 4 N–H and O–H groups in total. The molecule has 0 heterocycles. The van der Waals surface area contributed by atoms with Crippen molar-refractivity contribution in [3.8, 4) is 11.5 Å². The monoisotopic (exact) mass is 311 g/mol. The molecule has 3 nitrogen and oxygen atoms in total. The maximum atomic E-state index is 10.2. The molecule has 0 aromatic heterocycles. The number of phenolic OH excluding ortho intramolecular Hbond substituents is 2. The van der Waals surface area contributed by atoms with Gasteiger partial charge < -0.3 is 15.9 Å². The summed E-state index contributed by atoms with van der Waals surface area (Å²) < 4.78 is 0. The molecule has 0 amide bonds. The van der Waals surface area contributed by atoms with Crippen molar-refractivity contribution in [2.45, 2.75) is 50.9 Å². The van der Waals surface area contributed by atoms with E-state index in [9.17, 15) is 10.2 Å². The van der Waals surface area contributed by atoms with Crippen molar-refractivity contribution in [1.29, 1.82) is 0 Å². The van der Waals surface area contributed by atoms with Crippen molar-refractivity contribution in [3.63, 3.8) is 0 Å². The van der Waals surface area contributed by atoms with Gasteiger partial charge in [-0.3, -0.25) is 0 Å². The molecule has 2 aliphatic carbocycles. The van der Waals surface area contributed by atoms with Crippen LogP contribution in [0.2, 0.25) is 0 Å². The SMILES string of the molecule is Cl.NCC1CC(C2CCCCC2)Cc2c1ccc(O)c2O. The van der Waals surface area contributed by atoms with Crippen LogP contribution in [0.15, 0.2) is 12.1 Å². The van der Waals surface area contributed by atoms with E-state index in [2.05, 4.69) is 0 Å². The molecular formula is C17H26ClNO2. The van der Waals surface area contributed by atoms with Gasteiger partial charge in [0.15, 0.2) is 11.5 Å². The van der Waals surface area contributed by atoms with Gasteiger partial charge in [-0.25, -0.2) is 0 Å². The summed E-state index contributed by atoms with van der Waals surface area (Å²) in [5.74, 6) is 1.80. The Hall–Kier alpha value is -0.930. The zero-order valence-electron chi connectivity index (χ0n) is 12.4. The van der Waals surface area contributed by atoms with Gasteiger partial charge in [0.1, 0.15) is 0 Å². The Bertz CT molecular complexity index is 486. The first-order valence-corrected chi connectivity index (χ1v) is 7.94. The molecule has 0 aliphatic heterocycles. The number of aromatic hydroxyl groups is 2. The fourth-order valence-corrected chi connectivity index (χ4v) is 4.26. The highest BCUT2D eigenvalue weighted by Gasteiger charge is 2.33. The Labute approximate surface area is 133 Å². The van der Waals surface area contributed by atoms with Crippen LogP contribution < -0.4 is 5.73 Å². The number of nitrogens with two attached hydrogens (primary N) is 1. The van der Waals surface area contributed by atoms with E-state index in [1.807, 2.05) is 6.07 Å². The molecule has 1 fully saturated rings. The Kier molecular flexibility index (Phi) is 5.39. The average Bonchev–Trinajstić information content (AvgIpc) is 2.51. The normalized spacial score (nSPS) is 26.0. The quantitative estimate of drug-likeness (QED) is 0.729. The van der Waals surface area contributed by atoms with Gasteiger partial charge in [-0.05, 0) is 48.8 Å². The summed E-state index contributed by atoms with van der Waals surface area (Å²) in [4.78, 5) is 0. The maximum absolute atomic E-state index is 10.2. The van der Waals surface area contributed by atoms with E-state index in [4.69, 9.17) is 5.73 Å². The Morgan fingerprint density at radius 1 is 1.05 bits per heavy atom. The fraction of sp³-hybridized carbons (Fsp3) is 0.647. The van der Waals surface area contributed by atoms with Crippen LogP contribution in [0.5, 0.6) is 11.5 Å². The van der Waals surface area contributed by atoms with Crippen molar-refractivity contribution in [2.75, 3.05) is 6.54 Å². The first-order chi connectivity index (χ1) is 9.70. The van der Waals surface area contributed by atoms with E-state index in [1.165, 1.54) is 32.1 Å². The number of benzene rings is 1. The number of hydrogen-bond acceptors (Lipinski definition) is 3. The molecule has 4 heteroatoms. The third-order valence-corrected chi connectivity index (χ3v) is 5.39. The van der Waals surface area contributed by atoms with Crippen LogP contribution in [0.3, 0.4) is 0 Å². The summed E-state index contributed by atoms with van der Waals surface area (Å²) >= 11 is 0. The summed E-state index contributed by atoms with van der Waals surface area (Å²) in [7, 11) is 0. The topological polar surface area (TPSA) is 66.5 Å². The second-order valence-electron chi connectivity index (χ2n) is 6.53. The van der Waals surface area contributed by atoms with Crippen LogP contribution in [-0.4, -0.2) is 16.8 Å². The summed E-state index contributed by atoms with van der Waals surface area (Å²) in [6.07, 6.45) is 8.72. The fourth-order valence-electron chi connectivity index (χ4n) is 4.26. The first kappa shape index (κ1) is 16.4. The van der Waals surface area contributed by atoms with Crippen LogP contribution in [0.25, 0.3) is 0 Å². The van der Waals surface area contributed by atoms with E-state index in [1.54, 1.807) is 6.07 Å². The van der Waals surface area contributed by atoms with E-state index in [0.717, 1.165) is 29.9 Å². The average molecular weight is 312 g/mol. The third-order valence-electron chi connectivity index (χ3n) is 5.39. The molecule has 2 unspecified atom stereocenters. The van der Waals surface area contributed by atoms with Crippen LogP contribution in [0.1, 0.15) is 55.6 Å². The van der Waals surface area contributed by atoms with Crippen LogP contribution >= 0.6 is 12.4 Å². The zero-order chi connectivity index (χ0) is 14.1. The van der Waals surface area contributed by atoms with E-state index < -0.39 is 0 Å². The number of hydrogen-bond donors (Lipinski definition) is 3. The molecule has 0 saturated heterocycles. The molecule has 1 aromatic rings. The van der Waals surface area contributed by atoms with E-state index >= 15 is 0 Å². The number of halogens is 1. The molecule has 1 aromatic carbocycles. The molecule has 118 valence electrons. The molecular weight excluding hydrogens is 286 g/mol. The summed E-state index contributed by atoms with van der Waals surface area (Å²) in [6.45, 7) is 0.625. The number of fused-ring (bicyclic) bond motifs is 1. The van der Waals surface area contributed by atoms with Gasteiger partial charge in [-0.15, -0.1) is 12.4 Å². The molecule has 2 atom stereocenters. The van der Waals surface area contributed by atoms with Gasteiger partial charge in [0, 0.05) is 5.56 Å². The maximum Gasteiger partial charge on any atom is 0.160 e. The molecule has 1 saturated carbocycles. The molecule has 0 radical (unpaired) electrons. The lowest BCUT2D eigenvalue weighted by Gasteiger charge is -2.37. The smallest absolute Gasteiger partial charge is 0.160 e. The second kappa shape index (κ2) is 6.89. The number of rotatable bonds is 2. The first-order valence-electron chi connectivity index (χ1n) is 7.94. The van der Waals surface area contributed by atoms with E-state index in [0.29, 0.717) is 18.4 Å². The highest BCUT2D eigenvalue weighted by molar-refractivity contribution is 5.85. The minimum atomic E-state index is 0. The lowest BCUT2D eigenvalue weighted by Crippen LogP contribution is -2.29. The Balaban J connectivity index is 0.00000161. The van der Waals surface area contributed by atoms with Crippen LogP contribution in [-0.2, 0) is 6.42 Å². The van der Waals surface area contributed by atoms with Crippen LogP contribution in [0, 0.1) is 11.8 Å². The van der Waals surface area contributed by atoms with Crippen LogP contribution in [0.4, 0.5) is 0 Å². The predicted molar refractivity (Wildman–Crippen MR) is 87.2 cm³/mol. The van der Waals surface area contributed by atoms with Crippen molar-refractivity contribution in [1.82, 2.24) is 0 Å². The molecule has 0 bridgehead atoms. The molecule has 0 spiro atoms. The standard InChI is InChI=1S/C17H25NO2.ClH/c18-10-13-8-12(11-4-2-1-3-5-11)9-15-14(13)6-7-16(19)17(15)20;/h6-7,11-13,19-20H,1-5,8-10,18H2;1H. The summed E-state index contributed by atoms with van der Waals surface area (Å²) in [5.41, 5.74) is 8.05.